The van der Waals surface area contributed by atoms with Gasteiger partial charge in [0.15, 0.2) is 11.2 Å². The van der Waals surface area contributed by atoms with Gasteiger partial charge < -0.3 is 9.30 Å². The summed E-state index contributed by atoms with van der Waals surface area (Å²) in [6.45, 7) is 4.79. The quantitative estimate of drug-likeness (QED) is 0.417. The Balaban J connectivity index is 2.07. The topological polar surface area (TPSA) is 95.4 Å². The van der Waals surface area contributed by atoms with E-state index in [1.54, 1.807) is 24.9 Å². The number of imidazole rings is 1. The first kappa shape index (κ1) is 21.8. The van der Waals surface area contributed by atoms with Gasteiger partial charge in [-0.05, 0) is 30.5 Å². The smallest absolute Gasteiger partial charge is 0.332 e. The van der Waals surface area contributed by atoms with Gasteiger partial charge in [-0.1, -0.05) is 29.8 Å². The maximum absolute atomic E-state index is 12.8. The molecule has 0 bridgehead atoms. The van der Waals surface area contributed by atoms with Crippen LogP contribution in [0.5, 0.6) is 5.75 Å². The van der Waals surface area contributed by atoms with Crippen molar-refractivity contribution in [1.29, 1.82) is 0 Å². The summed E-state index contributed by atoms with van der Waals surface area (Å²) in [6, 6.07) is 5.60. The fourth-order valence-corrected chi connectivity index (χ4v) is 3.48. The van der Waals surface area contributed by atoms with Crippen molar-refractivity contribution in [2.75, 3.05) is 12.5 Å². The van der Waals surface area contributed by atoms with Crippen LogP contribution in [0, 0.1) is 5.92 Å². The van der Waals surface area contributed by atoms with Crippen molar-refractivity contribution < 1.29 is 4.74 Å². The Morgan fingerprint density at radius 2 is 2.00 bits per heavy atom. The van der Waals surface area contributed by atoms with E-state index >= 15 is 0 Å². The highest BCUT2D eigenvalue weighted by Gasteiger charge is 2.19. The number of aryl methyl sites for hydroxylation is 2. The van der Waals surface area contributed by atoms with Crippen molar-refractivity contribution in [3.05, 3.63) is 49.1 Å². The molecule has 2 aromatic heterocycles. The second kappa shape index (κ2) is 8.86. The highest BCUT2D eigenvalue weighted by Crippen LogP contribution is 2.22. The standard InChI is InChI=1S/C20H25BrN6O3/c1-12(2)8-9-27-16-17(25(3)20(29)26(4)18(16)28)23-19(27)24-22-11-13-10-14(21)6-7-15(13)30-5/h6-7,10-12H,8-9H2,1-5H3,(H,23,24)/b22-11+. The van der Waals surface area contributed by atoms with Crippen LogP contribution < -0.4 is 21.4 Å². The molecule has 10 heteroatoms. The number of halogens is 1. The lowest BCUT2D eigenvalue weighted by molar-refractivity contribution is 0.414. The molecule has 9 nitrogen and oxygen atoms in total. The summed E-state index contributed by atoms with van der Waals surface area (Å²) in [7, 11) is 4.66. The third kappa shape index (κ3) is 4.18. The van der Waals surface area contributed by atoms with Gasteiger partial charge in [0.1, 0.15) is 5.75 Å². The van der Waals surface area contributed by atoms with E-state index in [1.165, 1.54) is 11.6 Å². The molecule has 30 heavy (non-hydrogen) atoms. The first-order valence-corrected chi connectivity index (χ1v) is 10.3. The Bertz CT molecular complexity index is 1220. The summed E-state index contributed by atoms with van der Waals surface area (Å²) in [4.78, 5) is 29.6. The second-order valence-corrected chi connectivity index (χ2v) is 8.32. The SMILES string of the molecule is COc1ccc(Br)cc1/C=N/Nc1nc2c(c(=O)n(C)c(=O)n2C)n1CCC(C)C. The van der Waals surface area contributed by atoms with Crippen molar-refractivity contribution in [3.63, 3.8) is 0 Å². The van der Waals surface area contributed by atoms with E-state index in [-0.39, 0.29) is 5.56 Å². The van der Waals surface area contributed by atoms with Crippen LogP contribution in [0.15, 0.2) is 37.4 Å². The highest BCUT2D eigenvalue weighted by molar-refractivity contribution is 9.10. The number of fused-ring (bicyclic) bond motifs is 1. The third-order valence-corrected chi connectivity index (χ3v) is 5.33. The minimum Gasteiger partial charge on any atom is -0.496 e. The molecule has 0 spiro atoms. The molecule has 0 saturated heterocycles. The number of ether oxygens (including phenoxy) is 1. The number of anilines is 1. The third-order valence-electron chi connectivity index (χ3n) is 4.84. The van der Waals surface area contributed by atoms with E-state index in [0.717, 1.165) is 21.0 Å². The Morgan fingerprint density at radius 3 is 2.67 bits per heavy atom. The molecule has 0 aliphatic rings. The van der Waals surface area contributed by atoms with Crippen LogP contribution in [0.2, 0.25) is 0 Å². The number of hydrogen-bond acceptors (Lipinski definition) is 6. The lowest BCUT2D eigenvalue weighted by atomic mass is 10.1. The monoisotopic (exact) mass is 476 g/mol. The number of benzene rings is 1. The first-order chi connectivity index (χ1) is 14.2. The zero-order valence-electron chi connectivity index (χ0n) is 17.6. The number of rotatable bonds is 7. The molecule has 0 radical (unpaired) electrons. The van der Waals surface area contributed by atoms with Crippen molar-refractivity contribution in [1.82, 2.24) is 18.7 Å². The molecule has 1 aromatic carbocycles. The van der Waals surface area contributed by atoms with Crippen LogP contribution in [0.4, 0.5) is 5.95 Å². The molecule has 3 aromatic rings. The number of hydrogen-bond donors (Lipinski definition) is 1. The average molecular weight is 477 g/mol. The van der Waals surface area contributed by atoms with Crippen LogP contribution in [0.1, 0.15) is 25.8 Å². The molecule has 0 atom stereocenters. The fraction of sp³-hybridized carbons (Fsp3) is 0.400. The van der Waals surface area contributed by atoms with Crippen molar-refractivity contribution >= 4 is 39.3 Å². The number of aromatic nitrogens is 4. The van der Waals surface area contributed by atoms with Crippen molar-refractivity contribution in [2.24, 2.45) is 25.1 Å². The molecule has 3 rings (SSSR count). The zero-order valence-corrected chi connectivity index (χ0v) is 19.2. The molecular formula is C20H25BrN6O3. The lowest BCUT2D eigenvalue weighted by Gasteiger charge is -2.10. The van der Waals surface area contributed by atoms with Crippen LogP contribution in [0.3, 0.4) is 0 Å². The number of nitrogens with zero attached hydrogens (tertiary/aromatic N) is 5. The molecule has 0 saturated carbocycles. The predicted octanol–water partition coefficient (Wildman–Crippen LogP) is 2.70. The van der Waals surface area contributed by atoms with Gasteiger partial charge in [0, 0.05) is 30.7 Å². The molecule has 0 aliphatic heterocycles. The van der Waals surface area contributed by atoms with E-state index in [2.05, 4.69) is 45.3 Å². The molecule has 1 N–H and O–H groups in total. The van der Waals surface area contributed by atoms with Crippen molar-refractivity contribution in [3.8, 4) is 5.75 Å². The molecule has 160 valence electrons. The zero-order chi connectivity index (χ0) is 22.0. The van der Waals surface area contributed by atoms with Gasteiger partial charge >= 0.3 is 5.69 Å². The van der Waals surface area contributed by atoms with Gasteiger partial charge in [0.25, 0.3) is 5.56 Å². The van der Waals surface area contributed by atoms with E-state index in [4.69, 9.17) is 4.74 Å². The summed E-state index contributed by atoms with van der Waals surface area (Å²) < 4.78 is 10.5. The molecule has 0 amide bonds. The fourth-order valence-electron chi connectivity index (χ4n) is 3.10. The maximum atomic E-state index is 12.8. The minimum atomic E-state index is -0.421. The average Bonchev–Trinajstić information content (AvgIpc) is 3.08. The van der Waals surface area contributed by atoms with Gasteiger partial charge in [-0.2, -0.15) is 10.1 Å². The van der Waals surface area contributed by atoms with Gasteiger partial charge in [-0.25, -0.2) is 10.2 Å². The first-order valence-electron chi connectivity index (χ1n) is 9.53. The molecule has 0 unspecified atom stereocenters. The van der Waals surface area contributed by atoms with E-state index < -0.39 is 5.69 Å². The Morgan fingerprint density at radius 1 is 1.27 bits per heavy atom. The lowest BCUT2D eigenvalue weighted by Crippen LogP contribution is -2.37. The number of hydrazone groups is 1. The summed E-state index contributed by atoms with van der Waals surface area (Å²) in [5.41, 5.74) is 3.59. The van der Waals surface area contributed by atoms with Crippen LogP contribution in [0.25, 0.3) is 11.2 Å². The number of methoxy groups -OCH3 is 1. The van der Waals surface area contributed by atoms with Gasteiger partial charge in [-0.3, -0.25) is 13.9 Å². The van der Waals surface area contributed by atoms with Crippen molar-refractivity contribution in [2.45, 2.75) is 26.8 Å². The largest absolute Gasteiger partial charge is 0.496 e. The van der Waals surface area contributed by atoms with Gasteiger partial charge in [-0.15, -0.1) is 0 Å². The highest BCUT2D eigenvalue weighted by atomic mass is 79.9. The normalized spacial score (nSPS) is 11.7. The molecule has 2 heterocycles. The Hall–Kier alpha value is -2.88. The number of nitrogens with one attached hydrogen (secondary N) is 1. The predicted molar refractivity (Wildman–Crippen MR) is 122 cm³/mol. The molecule has 0 aliphatic carbocycles. The summed E-state index contributed by atoms with van der Waals surface area (Å²) in [5.74, 6) is 1.50. The van der Waals surface area contributed by atoms with Crippen LogP contribution in [-0.4, -0.2) is 32.0 Å². The summed E-state index contributed by atoms with van der Waals surface area (Å²) >= 11 is 3.44. The summed E-state index contributed by atoms with van der Waals surface area (Å²) in [5, 5.41) is 4.29. The van der Waals surface area contributed by atoms with E-state index in [1.807, 2.05) is 18.2 Å². The Labute approximate surface area is 182 Å². The van der Waals surface area contributed by atoms with Gasteiger partial charge in [0.05, 0.1) is 13.3 Å². The Kier molecular flexibility index (Phi) is 6.45. The van der Waals surface area contributed by atoms with Gasteiger partial charge in [0.2, 0.25) is 5.95 Å². The van der Waals surface area contributed by atoms with Crippen LogP contribution >= 0.6 is 15.9 Å². The second-order valence-electron chi connectivity index (χ2n) is 7.40. The maximum Gasteiger partial charge on any atom is 0.332 e. The molecule has 0 fully saturated rings. The summed E-state index contributed by atoms with van der Waals surface area (Å²) in [6.07, 6.45) is 2.46. The minimum absolute atomic E-state index is 0.324. The van der Waals surface area contributed by atoms with Crippen LogP contribution in [-0.2, 0) is 20.6 Å². The molecular weight excluding hydrogens is 452 g/mol. The van der Waals surface area contributed by atoms with E-state index in [0.29, 0.717) is 35.3 Å². The van der Waals surface area contributed by atoms with E-state index in [9.17, 15) is 9.59 Å².